The Morgan fingerprint density at radius 3 is 2.74 bits per heavy atom. The Morgan fingerprint density at radius 2 is 2.05 bits per heavy atom. The molecule has 0 radical (unpaired) electrons. The highest BCUT2D eigenvalue weighted by atomic mass is 127. The van der Waals surface area contributed by atoms with E-state index in [0.29, 0.717) is 0 Å². The van der Waals surface area contributed by atoms with E-state index in [9.17, 15) is 4.79 Å². The molecular weight excluding hydrogens is 349 g/mol. The molecule has 1 fully saturated rings. The van der Waals surface area contributed by atoms with Crippen LogP contribution in [0.5, 0.6) is 0 Å². The smallest absolute Gasteiger partial charge is 0.251 e. The lowest BCUT2D eigenvalue weighted by molar-refractivity contribution is 0.0949. The molecule has 0 atom stereocenters. The Kier molecular flexibility index (Phi) is 5.67. The van der Waals surface area contributed by atoms with Crippen molar-refractivity contribution < 1.29 is 4.79 Å². The van der Waals surface area contributed by atoms with Gasteiger partial charge in [0.1, 0.15) is 0 Å². The Balaban J connectivity index is 1.72. The van der Waals surface area contributed by atoms with Gasteiger partial charge in [0, 0.05) is 15.7 Å². The van der Waals surface area contributed by atoms with E-state index in [-0.39, 0.29) is 5.91 Å². The minimum atomic E-state index is 0.0580. The minimum Gasteiger partial charge on any atom is -0.352 e. The summed E-state index contributed by atoms with van der Waals surface area (Å²) in [6.45, 7) is 3.15. The molecule has 1 amide bonds. The summed E-state index contributed by atoms with van der Waals surface area (Å²) in [6.07, 6.45) is 6.51. The summed E-state index contributed by atoms with van der Waals surface area (Å²) in [7, 11) is 0. The number of carbonyl (C=O) groups is 1. The Morgan fingerprint density at radius 1 is 1.32 bits per heavy atom. The van der Waals surface area contributed by atoms with Gasteiger partial charge in [-0.3, -0.25) is 4.79 Å². The Bertz CT molecular complexity index is 425. The van der Waals surface area contributed by atoms with Crippen LogP contribution in [0.4, 0.5) is 0 Å². The third-order valence-corrected chi connectivity index (χ3v) is 4.73. The second-order valence-electron chi connectivity index (χ2n) is 5.68. The summed E-state index contributed by atoms with van der Waals surface area (Å²) in [5, 5.41) is 3.04. The van der Waals surface area contributed by atoms with Gasteiger partial charge in [0.25, 0.3) is 5.91 Å². The molecule has 104 valence electrons. The quantitative estimate of drug-likeness (QED) is 0.789. The van der Waals surface area contributed by atoms with Crippen molar-refractivity contribution in [2.24, 2.45) is 11.8 Å². The van der Waals surface area contributed by atoms with E-state index >= 15 is 0 Å². The molecule has 0 heterocycles. The SMILES string of the molecule is CC1CCC(CCNC(=O)c2cccc(I)c2)CC1. The van der Waals surface area contributed by atoms with Gasteiger partial charge in [0.05, 0.1) is 0 Å². The number of hydrogen-bond donors (Lipinski definition) is 1. The maximum atomic E-state index is 12.0. The van der Waals surface area contributed by atoms with E-state index in [1.807, 2.05) is 24.3 Å². The summed E-state index contributed by atoms with van der Waals surface area (Å²) in [5.41, 5.74) is 0.768. The Labute approximate surface area is 129 Å². The van der Waals surface area contributed by atoms with Crippen LogP contribution in [0.1, 0.15) is 49.4 Å². The highest BCUT2D eigenvalue weighted by Crippen LogP contribution is 2.29. The topological polar surface area (TPSA) is 29.1 Å². The maximum Gasteiger partial charge on any atom is 0.251 e. The normalized spacial score (nSPS) is 23.1. The highest BCUT2D eigenvalue weighted by Gasteiger charge is 2.18. The number of rotatable bonds is 4. The Hall–Kier alpha value is -0.580. The second kappa shape index (κ2) is 7.27. The van der Waals surface area contributed by atoms with Gasteiger partial charge in [-0.1, -0.05) is 38.7 Å². The molecule has 0 spiro atoms. The van der Waals surface area contributed by atoms with Crippen molar-refractivity contribution in [2.75, 3.05) is 6.54 Å². The first-order valence-corrected chi connectivity index (χ1v) is 8.27. The third-order valence-electron chi connectivity index (χ3n) is 4.06. The first-order valence-electron chi connectivity index (χ1n) is 7.19. The van der Waals surface area contributed by atoms with Crippen LogP contribution in [-0.4, -0.2) is 12.5 Å². The van der Waals surface area contributed by atoms with Gasteiger partial charge in [0.15, 0.2) is 0 Å². The molecular formula is C16H22INO. The number of hydrogen-bond acceptors (Lipinski definition) is 1. The molecule has 2 nitrogen and oxygen atoms in total. The standard InChI is InChI=1S/C16H22INO/c1-12-5-7-13(8-6-12)9-10-18-16(19)14-3-2-4-15(17)11-14/h2-4,11-13H,5-10H2,1H3,(H,18,19). The molecule has 0 bridgehead atoms. The maximum absolute atomic E-state index is 12.0. The summed E-state index contributed by atoms with van der Waals surface area (Å²) < 4.78 is 1.10. The number of carbonyl (C=O) groups excluding carboxylic acids is 1. The molecule has 1 aliphatic rings. The molecule has 3 heteroatoms. The lowest BCUT2D eigenvalue weighted by Crippen LogP contribution is -2.26. The lowest BCUT2D eigenvalue weighted by atomic mass is 9.81. The van der Waals surface area contributed by atoms with Crippen LogP contribution in [0.15, 0.2) is 24.3 Å². The fraction of sp³-hybridized carbons (Fsp3) is 0.562. The van der Waals surface area contributed by atoms with Crippen molar-refractivity contribution in [3.05, 3.63) is 33.4 Å². The monoisotopic (exact) mass is 371 g/mol. The fourth-order valence-corrected chi connectivity index (χ4v) is 3.28. The molecule has 1 aliphatic carbocycles. The highest BCUT2D eigenvalue weighted by molar-refractivity contribution is 14.1. The van der Waals surface area contributed by atoms with Crippen molar-refractivity contribution in [2.45, 2.75) is 39.0 Å². The van der Waals surface area contributed by atoms with E-state index in [2.05, 4.69) is 34.8 Å². The first kappa shape index (κ1) is 14.8. The van der Waals surface area contributed by atoms with Crippen LogP contribution in [0.25, 0.3) is 0 Å². The average molecular weight is 371 g/mol. The van der Waals surface area contributed by atoms with Crippen LogP contribution in [0, 0.1) is 15.4 Å². The lowest BCUT2D eigenvalue weighted by Gasteiger charge is -2.26. The van der Waals surface area contributed by atoms with Crippen LogP contribution < -0.4 is 5.32 Å². The van der Waals surface area contributed by atoms with Gasteiger partial charge in [-0.2, -0.15) is 0 Å². The molecule has 1 aromatic carbocycles. The van der Waals surface area contributed by atoms with Gasteiger partial charge in [-0.25, -0.2) is 0 Å². The summed E-state index contributed by atoms with van der Waals surface area (Å²) in [4.78, 5) is 12.0. The summed E-state index contributed by atoms with van der Waals surface area (Å²) >= 11 is 2.23. The van der Waals surface area contributed by atoms with E-state index in [4.69, 9.17) is 0 Å². The molecule has 1 N–H and O–H groups in total. The number of benzene rings is 1. The molecule has 2 rings (SSSR count). The minimum absolute atomic E-state index is 0.0580. The molecule has 1 saturated carbocycles. The van der Waals surface area contributed by atoms with Gasteiger partial charge in [-0.05, 0) is 59.0 Å². The zero-order valence-corrected chi connectivity index (χ0v) is 13.7. The zero-order valence-electron chi connectivity index (χ0n) is 11.5. The molecule has 1 aromatic rings. The number of halogens is 1. The molecule has 0 unspecified atom stereocenters. The summed E-state index contributed by atoms with van der Waals surface area (Å²) in [5.74, 6) is 1.77. The average Bonchev–Trinajstić information content (AvgIpc) is 2.41. The third kappa shape index (κ3) is 4.79. The second-order valence-corrected chi connectivity index (χ2v) is 6.93. The van der Waals surface area contributed by atoms with Crippen LogP contribution in [0.2, 0.25) is 0 Å². The van der Waals surface area contributed by atoms with Gasteiger partial charge in [-0.15, -0.1) is 0 Å². The van der Waals surface area contributed by atoms with E-state index in [1.54, 1.807) is 0 Å². The molecule has 0 aliphatic heterocycles. The fourth-order valence-electron chi connectivity index (χ4n) is 2.74. The number of nitrogens with one attached hydrogen (secondary N) is 1. The summed E-state index contributed by atoms with van der Waals surface area (Å²) in [6, 6.07) is 7.73. The van der Waals surface area contributed by atoms with E-state index in [0.717, 1.165) is 33.9 Å². The first-order chi connectivity index (χ1) is 9.15. The predicted molar refractivity (Wildman–Crippen MR) is 87.2 cm³/mol. The van der Waals surface area contributed by atoms with Crippen LogP contribution in [0.3, 0.4) is 0 Å². The van der Waals surface area contributed by atoms with Crippen LogP contribution >= 0.6 is 22.6 Å². The van der Waals surface area contributed by atoms with Crippen molar-refractivity contribution >= 4 is 28.5 Å². The molecule has 0 aromatic heterocycles. The van der Waals surface area contributed by atoms with Gasteiger partial charge >= 0.3 is 0 Å². The molecule has 19 heavy (non-hydrogen) atoms. The van der Waals surface area contributed by atoms with Crippen molar-refractivity contribution in [1.29, 1.82) is 0 Å². The molecule has 0 saturated heterocycles. The van der Waals surface area contributed by atoms with Gasteiger partial charge < -0.3 is 5.32 Å². The van der Waals surface area contributed by atoms with Crippen molar-refractivity contribution in [3.63, 3.8) is 0 Å². The predicted octanol–water partition coefficient (Wildman–Crippen LogP) is 4.24. The van der Waals surface area contributed by atoms with Crippen LogP contribution in [-0.2, 0) is 0 Å². The van der Waals surface area contributed by atoms with E-state index in [1.165, 1.54) is 25.7 Å². The largest absolute Gasteiger partial charge is 0.352 e. The van der Waals surface area contributed by atoms with E-state index < -0.39 is 0 Å². The van der Waals surface area contributed by atoms with Crippen molar-refractivity contribution in [1.82, 2.24) is 5.32 Å². The zero-order chi connectivity index (χ0) is 13.7. The van der Waals surface area contributed by atoms with Crippen molar-refractivity contribution in [3.8, 4) is 0 Å². The number of amides is 1. The van der Waals surface area contributed by atoms with Gasteiger partial charge in [0.2, 0.25) is 0 Å².